The summed E-state index contributed by atoms with van der Waals surface area (Å²) in [6, 6.07) is 13.3. The van der Waals surface area contributed by atoms with Gasteiger partial charge < -0.3 is 14.2 Å². The lowest BCUT2D eigenvalue weighted by Gasteiger charge is -2.18. The molecule has 0 spiro atoms. The Morgan fingerprint density at radius 1 is 1.00 bits per heavy atom. The topological polar surface area (TPSA) is 60.4 Å². The Bertz CT molecular complexity index is 912. The second kappa shape index (κ2) is 9.89. The summed E-state index contributed by atoms with van der Waals surface area (Å²) >= 11 is 1.51. The molecule has 1 aliphatic rings. The van der Waals surface area contributed by atoms with Crippen molar-refractivity contribution in [2.24, 2.45) is 10.9 Å². The Hall–Kier alpha value is -2.67. The second-order valence-corrected chi connectivity index (χ2v) is 8.60. The second-order valence-electron chi connectivity index (χ2n) is 7.44. The summed E-state index contributed by atoms with van der Waals surface area (Å²) in [6.45, 7) is 4.85. The van der Waals surface area contributed by atoms with Crippen molar-refractivity contribution in [2.75, 3.05) is 27.9 Å². The van der Waals surface area contributed by atoms with E-state index in [1.54, 1.807) is 21.3 Å². The molecule has 6 nitrogen and oxygen atoms in total. The van der Waals surface area contributed by atoms with E-state index in [9.17, 15) is 4.79 Å². The number of rotatable bonds is 8. The molecule has 1 heterocycles. The first-order valence-electron chi connectivity index (χ1n) is 9.86. The van der Waals surface area contributed by atoms with Crippen LogP contribution in [0.15, 0.2) is 47.5 Å². The molecule has 160 valence electrons. The molecular weight excluding hydrogens is 400 g/mol. The summed E-state index contributed by atoms with van der Waals surface area (Å²) < 4.78 is 15.9. The van der Waals surface area contributed by atoms with E-state index in [0.717, 1.165) is 22.2 Å². The number of carbonyl (C=O) groups excluding carboxylic acids is 1. The van der Waals surface area contributed by atoms with Gasteiger partial charge in [0.15, 0.2) is 16.7 Å². The molecule has 0 bridgehead atoms. The van der Waals surface area contributed by atoms with Crippen molar-refractivity contribution in [3.8, 4) is 17.2 Å². The molecule has 1 aliphatic heterocycles. The van der Waals surface area contributed by atoms with Crippen LogP contribution in [0.25, 0.3) is 0 Å². The maximum absolute atomic E-state index is 13.2. The van der Waals surface area contributed by atoms with E-state index in [0.29, 0.717) is 30.4 Å². The molecule has 2 aromatic rings. The number of benzene rings is 2. The van der Waals surface area contributed by atoms with Crippen LogP contribution in [0.3, 0.4) is 0 Å². The van der Waals surface area contributed by atoms with Crippen LogP contribution in [-0.4, -0.2) is 49.1 Å². The minimum atomic E-state index is -0.223. The van der Waals surface area contributed by atoms with Gasteiger partial charge >= 0.3 is 0 Å². The molecule has 0 aliphatic carbocycles. The fourth-order valence-electron chi connectivity index (χ4n) is 3.25. The van der Waals surface area contributed by atoms with Crippen molar-refractivity contribution >= 4 is 28.5 Å². The molecule has 0 N–H and O–H groups in total. The number of thioether (sulfide) groups is 1. The Kier molecular flexibility index (Phi) is 7.26. The zero-order valence-electron chi connectivity index (χ0n) is 18.0. The van der Waals surface area contributed by atoms with Gasteiger partial charge in [-0.1, -0.05) is 31.7 Å². The summed E-state index contributed by atoms with van der Waals surface area (Å²) in [5.74, 6) is 2.55. The molecule has 1 amide bonds. The lowest BCUT2D eigenvalue weighted by Crippen LogP contribution is -2.35. The van der Waals surface area contributed by atoms with Gasteiger partial charge in [-0.05, 0) is 54.3 Å². The molecule has 0 unspecified atom stereocenters. The van der Waals surface area contributed by atoms with Crippen molar-refractivity contribution in [1.29, 1.82) is 0 Å². The molecular formula is C23H28N2O4S. The Morgan fingerprint density at radius 3 is 2.30 bits per heavy atom. The van der Waals surface area contributed by atoms with Crippen LogP contribution in [0.1, 0.15) is 19.4 Å². The molecule has 0 aromatic heterocycles. The first-order valence-corrected chi connectivity index (χ1v) is 10.7. The van der Waals surface area contributed by atoms with Crippen molar-refractivity contribution in [1.82, 2.24) is 4.90 Å². The SMILES string of the molecule is COc1ccc(N=C2S[C@H](Cc3ccc(OC)c(OC)c3)C(=O)N2CC(C)C)cc1. The summed E-state index contributed by atoms with van der Waals surface area (Å²) in [5, 5.41) is 0.517. The van der Waals surface area contributed by atoms with Crippen LogP contribution < -0.4 is 14.2 Å². The molecule has 1 saturated heterocycles. The van der Waals surface area contributed by atoms with Crippen molar-refractivity contribution in [2.45, 2.75) is 25.5 Å². The first-order chi connectivity index (χ1) is 14.4. The number of carbonyl (C=O) groups is 1. The molecule has 2 aromatic carbocycles. The third-order valence-corrected chi connectivity index (χ3v) is 5.91. The maximum Gasteiger partial charge on any atom is 0.242 e. The van der Waals surface area contributed by atoms with Crippen LogP contribution >= 0.6 is 11.8 Å². The van der Waals surface area contributed by atoms with E-state index < -0.39 is 0 Å². The van der Waals surface area contributed by atoms with Crippen molar-refractivity contribution in [3.63, 3.8) is 0 Å². The van der Waals surface area contributed by atoms with Gasteiger partial charge in [0.25, 0.3) is 0 Å². The highest BCUT2D eigenvalue weighted by Gasteiger charge is 2.38. The van der Waals surface area contributed by atoms with Gasteiger partial charge in [-0.2, -0.15) is 0 Å². The first kappa shape index (κ1) is 22.0. The van der Waals surface area contributed by atoms with Gasteiger partial charge in [-0.3, -0.25) is 9.69 Å². The number of ether oxygens (including phenoxy) is 3. The lowest BCUT2D eigenvalue weighted by molar-refractivity contribution is -0.126. The summed E-state index contributed by atoms with van der Waals surface area (Å²) in [7, 11) is 4.86. The lowest BCUT2D eigenvalue weighted by atomic mass is 10.1. The molecule has 1 atom stereocenters. The van der Waals surface area contributed by atoms with Crippen molar-refractivity contribution in [3.05, 3.63) is 48.0 Å². The van der Waals surface area contributed by atoms with Crippen LogP contribution in [0.5, 0.6) is 17.2 Å². The Labute approximate surface area is 182 Å². The monoisotopic (exact) mass is 428 g/mol. The number of methoxy groups -OCH3 is 3. The number of hydrogen-bond acceptors (Lipinski definition) is 6. The zero-order chi connectivity index (χ0) is 21.7. The van der Waals surface area contributed by atoms with Crippen LogP contribution in [0.4, 0.5) is 5.69 Å². The third-order valence-electron chi connectivity index (χ3n) is 4.73. The van der Waals surface area contributed by atoms with Crippen LogP contribution in [0, 0.1) is 5.92 Å². The minimum absolute atomic E-state index is 0.0933. The van der Waals surface area contributed by atoms with E-state index in [4.69, 9.17) is 19.2 Å². The summed E-state index contributed by atoms with van der Waals surface area (Å²) in [6.07, 6.45) is 0.597. The predicted octanol–water partition coefficient (Wildman–Crippen LogP) is 4.54. The molecule has 0 saturated carbocycles. The van der Waals surface area contributed by atoms with Crippen molar-refractivity contribution < 1.29 is 19.0 Å². The highest BCUT2D eigenvalue weighted by Crippen LogP contribution is 2.34. The Morgan fingerprint density at radius 2 is 1.70 bits per heavy atom. The number of amides is 1. The maximum atomic E-state index is 13.2. The minimum Gasteiger partial charge on any atom is -0.497 e. The van der Waals surface area contributed by atoms with Crippen LogP contribution in [0.2, 0.25) is 0 Å². The highest BCUT2D eigenvalue weighted by atomic mass is 32.2. The Balaban J connectivity index is 1.84. The smallest absolute Gasteiger partial charge is 0.242 e. The number of aliphatic imine (C=N–C) groups is 1. The number of hydrogen-bond donors (Lipinski definition) is 0. The summed E-state index contributed by atoms with van der Waals surface area (Å²) in [4.78, 5) is 19.7. The van der Waals surface area contributed by atoms with E-state index in [2.05, 4.69) is 13.8 Å². The highest BCUT2D eigenvalue weighted by molar-refractivity contribution is 8.15. The zero-order valence-corrected chi connectivity index (χ0v) is 18.9. The summed E-state index contributed by atoms with van der Waals surface area (Å²) in [5.41, 5.74) is 1.82. The van der Waals surface area contributed by atoms with Gasteiger partial charge in [0.2, 0.25) is 5.91 Å². The molecule has 1 fully saturated rings. The largest absolute Gasteiger partial charge is 0.497 e. The molecule has 3 rings (SSSR count). The standard InChI is InChI=1S/C23H28N2O4S/c1-15(2)14-25-22(26)21(13-16-6-11-19(28-4)20(12-16)29-5)30-23(25)24-17-7-9-18(27-3)10-8-17/h6-12,15,21H,13-14H2,1-5H3/t21-/m1/s1. The van der Waals surface area contributed by atoms with Gasteiger partial charge in [0, 0.05) is 6.54 Å². The predicted molar refractivity (Wildman–Crippen MR) is 121 cm³/mol. The quantitative estimate of drug-likeness (QED) is 0.618. The molecule has 0 radical (unpaired) electrons. The van der Waals surface area contributed by atoms with Gasteiger partial charge in [0.1, 0.15) is 5.75 Å². The number of amidine groups is 1. The van der Waals surface area contributed by atoms with E-state index in [1.807, 2.05) is 47.4 Å². The fraction of sp³-hybridized carbons (Fsp3) is 0.391. The average molecular weight is 429 g/mol. The molecule has 7 heteroatoms. The van der Waals surface area contributed by atoms with Gasteiger partial charge in [-0.15, -0.1) is 0 Å². The third kappa shape index (κ3) is 5.08. The fourth-order valence-corrected chi connectivity index (χ4v) is 4.46. The van der Waals surface area contributed by atoms with Gasteiger partial charge in [0.05, 0.1) is 32.3 Å². The molecule has 30 heavy (non-hydrogen) atoms. The number of nitrogens with zero attached hydrogens (tertiary/aromatic N) is 2. The van der Waals surface area contributed by atoms with E-state index in [1.165, 1.54) is 11.8 Å². The van der Waals surface area contributed by atoms with Gasteiger partial charge in [-0.25, -0.2) is 4.99 Å². The van der Waals surface area contributed by atoms with Crippen LogP contribution in [-0.2, 0) is 11.2 Å². The van der Waals surface area contributed by atoms with E-state index >= 15 is 0 Å². The normalized spacial score (nSPS) is 17.7. The van der Waals surface area contributed by atoms with E-state index in [-0.39, 0.29) is 11.2 Å². The average Bonchev–Trinajstić information content (AvgIpc) is 3.02.